The second-order valence-corrected chi connectivity index (χ2v) is 4.46. The lowest BCUT2D eigenvalue weighted by atomic mass is 9.91. The molecule has 0 aliphatic carbocycles. The molecule has 4 nitrogen and oxygen atoms in total. The summed E-state index contributed by atoms with van der Waals surface area (Å²) in [5.41, 5.74) is -1.25. The third-order valence-corrected chi connectivity index (χ3v) is 2.26. The van der Waals surface area contributed by atoms with Gasteiger partial charge >= 0.3 is 0 Å². The van der Waals surface area contributed by atoms with Gasteiger partial charge in [-0.15, -0.1) is 0 Å². The molecular weight excluding hydrogens is 174 g/mol. The molecule has 4 N–H and O–H groups in total. The van der Waals surface area contributed by atoms with E-state index in [0.29, 0.717) is 11.5 Å². The predicted octanol–water partition coefficient (Wildman–Crippen LogP) is -0.0726. The molecule has 0 aromatic heterocycles. The summed E-state index contributed by atoms with van der Waals surface area (Å²) in [5, 5.41) is 14.4. The summed E-state index contributed by atoms with van der Waals surface area (Å²) < 4.78 is 0. The number of nitrogens with two attached hydrogens (primary N) is 1. The molecule has 0 spiro atoms. The highest BCUT2D eigenvalue weighted by atomic mass is 32.1. The van der Waals surface area contributed by atoms with Crippen LogP contribution in [0.3, 0.4) is 0 Å². The minimum atomic E-state index is -1.05. The van der Waals surface area contributed by atoms with Crippen molar-refractivity contribution in [3.63, 3.8) is 0 Å². The number of hydrazine groups is 1. The normalized spacial score (nSPS) is 34.8. The van der Waals surface area contributed by atoms with E-state index >= 15 is 0 Å². The maximum atomic E-state index is 9.82. The Morgan fingerprint density at radius 1 is 1.58 bits per heavy atom. The molecule has 1 rings (SSSR count). The Kier molecular flexibility index (Phi) is 2.06. The highest BCUT2D eigenvalue weighted by Gasteiger charge is 2.41. The quantitative estimate of drug-likeness (QED) is 0.368. The summed E-state index contributed by atoms with van der Waals surface area (Å²) in [4.78, 5) is 0. The molecule has 1 aliphatic rings. The van der Waals surface area contributed by atoms with Gasteiger partial charge in [0.25, 0.3) is 0 Å². The Morgan fingerprint density at radius 2 is 2.08 bits per heavy atom. The van der Waals surface area contributed by atoms with E-state index in [9.17, 15) is 5.11 Å². The van der Waals surface area contributed by atoms with Crippen LogP contribution in [0.2, 0.25) is 0 Å². The van der Waals surface area contributed by atoms with E-state index in [-0.39, 0.29) is 5.54 Å². The molecule has 1 aliphatic heterocycles. The summed E-state index contributed by atoms with van der Waals surface area (Å²) in [7, 11) is 0. The van der Waals surface area contributed by atoms with Crippen molar-refractivity contribution in [1.82, 2.24) is 10.3 Å². The first kappa shape index (κ1) is 9.70. The maximum absolute atomic E-state index is 9.82. The fraction of sp³-hybridized carbons (Fsp3) is 0.857. The van der Waals surface area contributed by atoms with Crippen molar-refractivity contribution in [1.29, 1.82) is 0 Å². The monoisotopic (exact) mass is 189 g/mol. The van der Waals surface area contributed by atoms with E-state index < -0.39 is 5.72 Å². The third-order valence-electron chi connectivity index (χ3n) is 1.96. The van der Waals surface area contributed by atoms with Crippen molar-refractivity contribution >= 4 is 17.3 Å². The Labute approximate surface area is 77.7 Å². The summed E-state index contributed by atoms with van der Waals surface area (Å²) in [5.74, 6) is 5.56. The van der Waals surface area contributed by atoms with Crippen LogP contribution in [-0.4, -0.2) is 26.5 Å². The number of hydrogen-bond donors (Lipinski definition) is 3. The van der Waals surface area contributed by atoms with E-state index in [1.807, 2.05) is 13.8 Å². The lowest BCUT2D eigenvalue weighted by molar-refractivity contribution is -0.0892. The molecule has 0 saturated carbocycles. The molecule has 1 saturated heterocycles. The standard InChI is InChI=1S/C7H15N3OS/c1-6(2)4-7(3,11)10(8)5(12)9-6/h11H,4,8H2,1-3H3,(H,9,12)/t7-/m1/s1. The van der Waals surface area contributed by atoms with Crippen LogP contribution in [-0.2, 0) is 0 Å². The fourth-order valence-corrected chi connectivity index (χ4v) is 2.01. The van der Waals surface area contributed by atoms with Gasteiger partial charge in [0.1, 0.15) is 0 Å². The van der Waals surface area contributed by atoms with E-state index in [1.54, 1.807) is 6.92 Å². The lowest BCUT2D eigenvalue weighted by Gasteiger charge is -2.47. The van der Waals surface area contributed by atoms with Gasteiger partial charge in [-0.05, 0) is 33.0 Å². The highest BCUT2D eigenvalue weighted by Crippen LogP contribution is 2.26. The molecular formula is C7H15N3OS. The summed E-state index contributed by atoms with van der Waals surface area (Å²) in [6.07, 6.45) is 0.538. The maximum Gasteiger partial charge on any atom is 0.186 e. The topological polar surface area (TPSA) is 61.5 Å². The molecule has 70 valence electrons. The Balaban J connectivity index is 2.87. The first-order valence-electron chi connectivity index (χ1n) is 3.84. The Bertz CT molecular complexity index is 215. The fourth-order valence-electron chi connectivity index (χ4n) is 1.54. The third kappa shape index (κ3) is 1.68. The SMILES string of the molecule is CC1(C)C[C@@](C)(O)N(N)C(=S)N1. The molecule has 5 heteroatoms. The summed E-state index contributed by atoms with van der Waals surface area (Å²) in [6.45, 7) is 5.60. The second kappa shape index (κ2) is 2.55. The van der Waals surface area contributed by atoms with Crippen molar-refractivity contribution in [3.05, 3.63) is 0 Å². The van der Waals surface area contributed by atoms with Gasteiger partial charge in [-0.1, -0.05) is 0 Å². The molecule has 1 fully saturated rings. The van der Waals surface area contributed by atoms with E-state index in [4.69, 9.17) is 18.1 Å². The van der Waals surface area contributed by atoms with Crippen LogP contribution < -0.4 is 11.2 Å². The number of nitrogens with one attached hydrogen (secondary N) is 1. The van der Waals surface area contributed by atoms with Gasteiger partial charge in [-0.2, -0.15) is 0 Å². The molecule has 12 heavy (non-hydrogen) atoms. The smallest absolute Gasteiger partial charge is 0.186 e. The van der Waals surface area contributed by atoms with Crippen LogP contribution in [0.4, 0.5) is 0 Å². The van der Waals surface area contributed by atoms with Crippen molar-refractivity contribution in [2.24, 2.45) is 5.84 Å². The molecule has 0 amide bonds. The van der Waals surface area contributed by atoms with E-state index in [2.05, 4.69) is 5.32 Å². The number of hydrogen-bond acceptors (Lipinski definition) is 3. The summed E-state index contributed by atoms with van der Waals surface area (Å²) >= 11 is 4.96. The Hall–Kier alpha value is -0.390. The van der Waals surface area contributed by atoms with Gasteiger partial charge in [0, 0.05) is 12.0 Å². The number of rotatable bonds is 0. The number of aliphatic hydroxyl groups is 1. The second-order valence-electron chi connectivity index (χ2n) is 4.08. The average Bonchev–Trinajstić information content (AvgIpc) is 1.79. The van der Waals surface area contributed by atoms with Gasteiger partial charge in [-0.25, -0.2) is 5.84 Å². The van der Waals surface area contributed by atoms with Gasteiger partial charge in [0.2, 0.25) is 0 Å². The first-order chi connectivity index (χ1) is 5.25. The largest absolute Gasteiger partial charge is 0.370 e. The number of thiocarbonyl (C=S) groups is 1. The van der Waals surface area contributed by atoms with Crippen LogP contribution in [0.25, 0.3) is 0 Å². The van der Waals surface area contributed by atoms with Crippen LogP contribution in [0, 0.1) is 0 Å². The van der Waals surface area contributed by atoms with Crippen LogP contribution in [0.5, 0.6) is 0 Å². The predicted molar refractivity (Wildman–Crippen MR) is 51.1 cm³/mol. The van der Waals surface area contributed by atoms with Crippen molar-refractivity contribution in [3.8, 4) is 0 Å². The van der Waals surface area contributed by atoms with Crippen LogP contribution >= 0.6 is 12.2 Å². The van der Waals surface area contributed by atoms with Crippen LogP contribution in [0.15, 0.2) is 0 Å². The average molecular weight is 189 g/mol. The van der Waals surface area contributed by atoms with E-state index in [0.717, 1.165) is 0 Å². The minimum absolute atomic E-state index is 0.198. The zero-order valence-electron chi connectivity index (χ0n) is 7.59. The van der Waals surface area contributed by atoms with Crippen molar-refractivity contribution in [2.45, 2.75) is 38.5 Å². The van der Waals surface area contributed by atoms with Gasteiger partial charge in [0.05, 0.1) is 0 Å². The molecule has 1 heterocycles. The lowest BCUT2D eigenvalue weighted by Crippen LogP contribution is -2.68. The van der Waals surface area contributed by atoms with Crippen LogP contribution in [0.1, 0.15) is 27.2 Å². The summed E-state index contributed by atoms with van der Waals surface area (Å²) in [6, 6.07) is 0. The molecule has 1 atom stereocenters. The van der Waals surface area contributed by atoms with Gasteiger partial charge in [-0.3, -0.25) is 5.01 Å². The first-order valence-corrected chi connectivity index (χ1v) is 4.25. The minimum Gasteiger partial charge on any atom is -0.370 e. The van der Waals surface area contributed by atoms with E-state index in [1.165, 1.54) is 5.01 Å². The highest BCUT2D eigenvalue weighted by molar-refractivity contribution is 7.80. The Morgan fingerprint density at radius 3 is 2.50 bits per heavy atom. The zero-order chi connectivity index (χ0) is 9.57. The van der Waals surface area contributed by atoms with Crippen molar-refractivity contribution < 1.29 is 5.11 Å². The van der Waals surface area contributed by atoms with Crippen molar-refractivity contribution in [2.75, 3.05) is 0 Å². The van der Waals surface area contributed by atoms with Gasteiger partial charge in [0.15, 0.2) is 10.8 Å². The molecule has 0 aromatic rings. The molecule has 0 unspecified atom stereocenters. The van der Waals surface area contributed by atoms with Gasteiger partial charge < -0.3 is 10.4 Å². The molecule has 0 radical (unpaired) electrons. The number of nitrogens with zero attached hydrogens (tertiary/aromatic N) is 1. The zero-order valence-corrected chi connectivity index (χ0v) is 8.40. The molecule has 0 aromatic carbocycles. The molecule has 0 bridgehead atoms.